The van der Waals surface area contributed by atoms with Crippen molar-refractivity contribution in [3.05, 3.63) is 28.3 Å². The fourth-order valence-corrected chi connectivity index (χ4v) is 2.34. The summed E-state index contributed by atoms with van der Waals surface area (Å²) in [6, 6.07) is 3.66. The van der Waals surface area contributed by atoms with Crippen molar-refractivity contribution in [3.8, 4) is 5.75 Å². The van der Waals surface area contributed by atoms with Crippen LogP contribution in [-0.2, 0) is 0 Å². The van der Waals surface area contributed by atoms with E-state index in [1.54, 1.807) is 6.07 Å². The molecule has 1 aromatic rings. The smallest absolute Gasteiger partial charge is 0.129 e. The zero-order valence-electron chi connectivity index (χ0n) is 8.96. The molecule has 0 saturated carbocycles. The second-order valence-corrected chi connectivity index (χ2v) is 4.47. The summed E-state index contributed by atoms with van der Waals surface area (Å²) in [6.07, 6.45) is 1.23. The average molecular weight is 227 g/mol. The van der Waals surface area contributed by atoms with Gasteiger partial charge in [-0.25, -0.2) is 0 Å². The lowest BCUT2D eigenvalue weighted by Crippen LogP contribution is -2.17. The highest BCUT2D eigenvalue weighted by Gasteiger charge is 2.33. The van der Waals surface area contributed by atoms with Crippen LogP contribution in [0.15, 0.2) is 12.1 Å². The molecule has 2 nitrogen and oxygen atoms in total. The number of ether oxygens (including phenoxy) is 1. The van der Waals surface area contributed by atoms with Crippen LogP contribution in [0.3, 0.4) is 0 Å². The number of benzene rings is 1. The van der Waals surface area contributed by atoms with Crippen LogP contribution in [0.2, 0.25) is 5.02 Å². The molecule has 2 unspecified atom stereocenters. The molecule has 1 heterocycles. The number of aryl methyl sites for hydroxylation is 1. The first-order chi connectivity index (χ1) is 7.13. The molecule has 1 aromatic carbocycles. The van der Waals surface area contributed by atoms with E-state index in [1.807, 2.05) is 13.0 Å². The fourth-order valence-electron chi connectivity index (χ4n) is 2.05. The number of hydrogen-bond donors (Lipinski definition) is 1. The van der Waals surface area contributed by atoms with Crippen molar-refractivity contribution >= 4 is 11.6 Å². The Morgan fingerprint density at radius 2 is 2.20 bits per heavy atom. The van der Waals surface area contributed by atoms with E-state index in [-0.39, 0.29) is 6.10 Å². The number of aliphatic hydroxyl groups is 1. The van der Waals surface area contributed by atoms with Crippen molar-refractivity contribution in [2.45, 2.75) is 38.9 Å². The van der Waals surface area contributed by atoms with E-state index in [2.05, 4.69) is 6.92 Å². The van der Waals surface area contributed by atoms with E-state index >= 15 is 0 Å². The highest BCUT2D eigenvalue weighted by molar-refractivity contribution is 6.30. The summed E-state index contributed by atoms with van der Waals surface area (Å²) in [5.74, 6) is 0.811. The second-order valence-electron chi connectivity index (χ2n) is 4.03. The van der Waals surface area contributed by atoms with Gasteiger partial charge in [-0.2, -0.15) is 0 Å². The van der Waals surface area contributed by atoms with Crippen molar-refractivity contribution in [2.24, 2.45) is 0 Å². The van der Waals surface area contributed by atoms with Gasteiger partial charge in [0.2, 0.25) is 0 Å². The first kappa shape index (κ1) is 10.8. The molecule has 82 valence electrons. The third-order valence-corrected chi connectivity index (χ3v) is 3.00. The minimum absolute atomic E-state index is 0.109. The number of fused-ring (bicyclic) bond motifs is 1. The lowest BCUT2D eigenvalue weighted by Gasteiger charge is -2.12. The molecule has 2 rings (SSSR count). The standard InChI is InChI=1S/C12H15ClO2/c1-3-4-10-11(14)9-6-8(13)5-7(2)12(9)15-10/h5-6,10-11,14H,3-4H2,1-2H3. The van der Waals surface area contributed by atoms with Crippen LogP contribution in [0.1, 0.15) is 37.0 Å². The van der Waals surface area contributed by atoms with Gasteiger partial charge in [-0.1, -0.05) is 24.9 Å². The van der Waals surface area contributed by atoms with Crippen LogP contribution in [0.4, 0.5) is 0 Å². The summed E-state index contributed by atoms with van der Waals surface area (Å²) in [5, 5.41) is 10.7. The zero-order valence-corrected chi connectivity index (χ0v) is 9.71. The average Bonchev–Trinajstić information content (AvgIpc) is 2.47. The van der Waals surface area contributed by atoms with Crippen LogP contribution in [0, 0.1) is 6.92 Å². The largest absolute Gasteiger partial charge is 0.487 e. The van der Waals surface area contributed by atoms with Crippen molar-refractivity contribution in [3.63, 3.8) is 0 Å². The number of hydrogen-bond acceptors (Lipinski definition) is 2. The lowest BCUT2D eigenvalue weighted by atomic mass is 10.0. The number of aliphatic hydroxyl groups excluding tert-OH is 1. The molecule has 0 fully saturated rings. The highest BCUT2D eigenvalue weighted by atomic mass is 35.5. The molecular weight excluding hydrogens is 212 g/mol. The van der Waals surface area contributed by atoms with Crippen molar-refractivity contribution < 1.29 is 9.84 Å². The Balaban J connectivity index is 2.36. The summed E-state index contributed by atoms with van der Waals surface area (Å²) in [5.41, 5.74) is 1.83. The van der Waals surface area contributed by atoms with Crippen LogP contribution < -0.4 is 4.74 Å². The van der Waals surface area contributed by atoms with Crippen molar-refractivity contribution in [1.29, 1.82) is 0 Å². The Labute approximate surface area is 94.8 Å². The van der Waals surface area contributed by atoms with Gasteiger partial charge < -0.3 is 9.84 Å². The molecule has 2 atom stereocenters. The van der Waals surface area contributed by atoms with Crippen LogP contribution >= 0.6 is 11.6 Å². The normalized spacial score (nSPS) is 23.7. The maximum atomic E-state index is 10.0. The maximum absolute atomic E-state index is 10.0. The SMILES string of the molecule is CCCC1Oc2c(C)cc(Cl)cc2C1O. The fraction of sp³-hybridized carbons (Fsp3) is 0.500. The van der Waals surface area contributed by atoms with Gasteiger partial charge in [0.25, 0.3) is 0 Å². The van der Waals surface area contributed by atoms with Crippen molar-refractivity contribution in [1.82, 2.24) is 0 Å². The van der Waals surface area contributed by atoms with Gasteiger partial charge in [0.1, 0.15) is 18.0 Å². The first-order valence-corrected chi connectivity index (χ1v) is 5.66. The predicted octanol–water partition coefficient (Wildman–Crippen LogP) is 3.24. The maximum Gasteiger partial charge on any atom is 0.129 e. The molecule has 1 aliphatic heterocycles. The predicted molar refractivity (Wildman–Crippen MR) is 60.5 cm³/mol. The molecule has 15 heavy (non-hydrogen) atoms. The van der Waals surface area contributed by atoms with Gasteiger partial charge in [-0.15, -0.1) is 0 Å². The summed E-state index contributed by atoms with van der Waals surface area (Å²) in [6.45, 7) is 4.03. The van der Waals surface area contributed by atoms with Crippen molar-refractivity contribution in [2.75, 3.05) is 0 Å². The van der Waals surface area contributed by atoms with Crippen LogP contribution in [0.25, 0.3) is 0 Å². The highest BCUT2D eigenvalue weighted by Crippen LogP contribution is 2.41. The number of halogens is 1. The number of rotatable bonds is 2. The third kappa shape index (κ3) is 1.84. The van der Waals surface area contributed by atoms with E-state index in [0.29, 0.717) is 5.02 Å². The molecule has 0 saturated heterocycles. The molecule has 1 aliphatic rings. The molecule has 0 bridgehead atoms. The van der Waals surface area contributed by atoms with Gasteiger partial charge in [-0.05, 0) is 31.0 Å². The second kappa shape index (κ2) is 4.03. The van der Waals surface area contributed by atoms with Gasteiger partial charge in [0, 0.05) is 10.6 Å². The van der Waals surface area contributed by atoms with E-state index < -0.39 is 6.10 Å². The molecule has 0 spiro atoms. The molecule has 3 heteroatoms. The van der Waals surface area contributed by atoms with Crippen LogP contribution in [-0.4, -0.2) is 11.2 Å². The van der Waals surface area contributed by atoms with Gasteiger partial charge in [-0.3, -0.25) is 0 Å². The Bertz CT molecular complexity index is 376. The first-order valence-electron chi connectivity index (χ1n) is 5.28. The van der Waals surface area contributed by atoms with E-state index in [4.69, 9.17) is 16.3 Å². The minimum atomic E-state index is -0.530. The monoisotopic (exact) mass is 226 g/mol. The van der Waals surface area contributed by atoms with E-state index in [0.717, 1.165) is 29.7 Å². The van der Waals surface area contributed by atoms with E-state index in [1.165, 1.54) is 0 Å². The Morgan fingerprint density at radius 1 is 1.47 bits per heavy atom. The quantitative estimate of drug-likeness (QED) is 0.839. The summed E-state index contributed by atoms with van der Waals surface area (Å²) < 4.78 is 5.74. The topological polar surface area (TPSA) is 29.5 Å². The summed E-state index contributed by atoms with van der Waals surface area (Å²) in [7, 11) is 0. The molecule has 0 aliphatic carbocycles. The molecular formula is C12H15ClO2. The van der Waals surface area contributed by atoms with Gasteiger partial charge in [0.15, 0.2) is 0 Å². The Morgan fingerprint density at radius 3 is 2.87 bits per heavy atom. The minimum Gasteiger partial charge on any atom is -0.487 e. The van der Waals surface area contributed by atoms with Gasteiger partial charge in [0.05, 0.1) is 0 Å². The summed E-state index contributed by atoms with van der Waals surface area (Å²) >= 11 is 5.95. The Kier molecular flexibility index (Phi) is 2.89. The summed E-state index contributed by atoms with van der Waals surface area (Å²) in [4.78, 5) is 0. The Hall–Kier alpha value is -0.730. The van der Waals surface area contributed by atoms with E-state index in [9.17, 15) is 5.11 Å². The zero-order chi connectivity index (χ0) is 11.0. The molecule has 0 aromatic heterocycles. The molecule has 1 N–H and O–H groups in total. The third-order valence-electron chi connectivity index (χ3n) is 2.78. The molecule has 0 radical (unpaired) electrons. The van der Waals surface area contributed by atoms with Gasteiger partial charge >= 0.3 is 0 Å². The lowest BCUT2D eigenvalue weighted by molar-refractivity contribution is 0.0614. The van der Waals surface area contributed by atoms with Crippen LogP contribution in [0.5, 0.6) is 5.75 Å². The molecule has 0 amide bonds.